The molecule has 0 saturated carbocycles. The van der Waals surface area contributed by atoms with E-state index in [-0.39, 0.29) is 24.3 Å². The largest absolute Gasteiger partial charge is 0.494 e. The first-order chi connectivity index (χ1) is 26.7. The summed E-state index contributed by atoms with van der Waals surface area (Å²) in [6.45, 7) is 15.1. The average molecular weight is 803 g/mol. The van der Waals surface area contributed by atoms with E-state index in [1.54, 1.807) is 12.1 Å². The van der Waals surface area contributed by atoms with E-state index < -0.39 is 0 Å². The number of nitrogens with zero attached hydrogens (tertiary/aromatic N) is 5. The molecule has 1 aliphatic heterocycles. The number of H-pyrrole nitrogens is 1. The average Bonchev–Trinajstić information content (AvgIpc) is 3.65. The molecule has 0 radical (unpaired) electrons. The van der Waals surface area contributed by atoms with Crippen LogP contribution in [0, 0.1) is 33.6 Å². The van der Waals surface area contributed by atoms with Gasteiger partial charge in [-0.25, -0.2) is 4.98 Å². The highest BCUT2D eigenvalue weighted by Gasteiger charge is 2.26. The van der Waals surface area contributed by atoms with E-state index in [0.717, 1.165) is 60.9 Å². The van der Waals surface area contributed by atoms with Crippen molar-refractivity contribution in [2.24, 2.45) is 13.0 Å². The lowest BCUT2D eigenvalue weighted by Crippen LogP contribution is -2.49. The van der Waals surface area contributed by atoms with Gasteiger partial charge in [-0.2, -0.15) is 5.10 Å². The Hall–Kier alpha value is -5.07. The third-order valence-electron chi connectivity index (χ3n) is 10.3. The molecule has 6 rings (SSSR count). The van der Waals surface area contributed by atoms with Crippen LogP contribution in [0.2, 0.25) is 10.0 Å². The molecule has 0 unspecified atom stereocenters. The number of pyridine rings is 1. The van der Waals surface area contributed by atoms with Crippen LogP contribution in [0.3, 0.4) is 0 Å². The van der Waals surface area contributed by atoms with Crippen LogP contribution in [0.25, 0.3) is 22.0 Å². The molecular weight excluding hydrogens is 753 g/mol. The van der Waals surface area contributed by atoms with Crippen LogP contribution in [0.1, 0.15) is 70.9 Å². The normalized spacial score (nSPS) is 13.1. The lowest BCUT2D eigenvalue weighted by Gasteiger charge is -2.36. The minimum atomic E-state index is -0.329. The number of amides is 2. The summed E-state index contributed by atoms with van der Waals surface area (Å²) in [6.07, 6.45) is 1.68. The fourth-order valence-corrected chi connectivity index (χ4v) is 7.76. The lowest BCUT2D eigenvalue weighted by atomic mass is 9.98. The first kappa shape index (κ1) is 40.6. The van der Waals surface area contributed by atoms with Crippen LogP contribution in [0.15, 0.2) is 36.4 Å². The minimum absolute atomic E-state index is 0.0658. The van der Waals surface area contributed by atoms with E-state index in [9.17, 15) is 14.4 Å². The maximum absolute atomic E-state index is 14.2. The highest BCUT2D eigenvalue weighted by atomic mass is 35.5. The van der Waals surface area contributed by atoms with E-state index in [4.69, 9.17) is 37.7 Å². The number of aromatic nitrogens is 4. The summed E-state index contributed by atoms with van der Waals surface area (Å²) >= 11 is 13.3. The van der Waals surface area contributed by atoms with Crippen molar-refractivity contribution in [2.75, 3.05) is 37.7 Å². The standard InChI is InChI=1S/C42H49Cl2N7O5/c1-24(2)17-36(53)51-14-12-50(13-15-51)35-21-31(56-23-52)20-29(46-35)22-45-42(54)41-32(9-8-16-55-30-18-25(3)39(44)26(4)19-30)33-10-11-34(43)38(40(33)47-41)37-27(5)48-49(7)28(37)6/h10-11,18-21,23-24,47H,8-9,12-17,22H2,1-7H3,(H,45,54). The van der Waals surface area contributed by atoms with Crippen molar-refractivity contribution in [3.8, 4) is 22.6 Å². The zero-order chi connectivity index (χ0) is 40.3. The summed E-state index contributed by atoms with van der Waals surface area (Å²) in [5.41, 5.74) is 7.86. The Balaban J connectivity index is 1.27. The Bertz CT molecular complexity index is 2250. The van der Waals surface area contributed by atoms with Gasteiger partial charge in [0.05, 0.1) is 35.1 Å². The number of hydrogen-bond donors (Lipinski definition) is 2. The number of carbonyl (C=O) groups excluding carboxylic acids is 3. The second kappa shape index (κ2) is 17.4. The topological polar surface area (TPSA) is 135 Å². The number of aryl methyl sites for hydroxylation is 5. The number of anilines is 1. The van der Waals surface area contributed by atoms with E-state index in [1.807, 2.05) is 82.4 Å². The molecule has 2 aromatic carbocycles. The Morgan fingerprint density at radius 2 is 1.70 bits per heavy atom. The lowest BCUT2D eigenvalue weighted by molar-refractivity contribution is -0.132. The molecule has 1 aliphatic rings. The van der Waals surface area contributed by atoms with Crippen molar-refractivity contribution in [1.29, 1.82) is 0 Å². The van der Waals surface area contributed by atoms with E-state index >= 15 is 0 Å². The summed E-state index contributed by atoms with van der Waals surface area (Å²) in [6, 6.07) is 11.0. The number of benzene rings is 2. The van der Waals surface area contributed by atoms with Crippen molar-refractivity contribution in [1.82, 2.24) is 30.0 Å². The van der Waals surface area contributed by atoms with Gasteiger partial charge in [0.1, 0.15) is 23.0 Å². The fraction of sp³-hybridized carbons (Fsp3) is 0.405. The van der Waals surface area contributed by atoms with Crippen LogP contribution in [-0.2, 0) is 29.6 Å². The van der Waals surface area contributed by atoms with Gasteiger partial charge in [0.25, 0.3) is 12.4 Å². The van der Waals surface area contributed by atoms with Crippen molar-refractivity contribution in [2.45, 2.75) is 67.3 Å². The van der Waals surface area contributed by atoms with Gasteiger partial charge in [0.2, 0.25) is 5.91 Å². The van der Waals surface area contributed by atoms with Gasteiger partial charge in [-0.3, -0.25) is 19.1 Å². The van der Waals surface area contributed by atoms with Gasteiger partial charge in [-0.15, -0.1) is 0 Å². The second-order valence-corrected chi connectivity index (χ2v) is 15.6. The molecule has 12 nitrogen and oxygen atoms in total. The van der Waals surface area contributed by atoms with Gasteiger partial charge in [0.15, 0.2) is 0 Å². The molecule has 5 aromatic rings. The van der Waals surface area contributed by atoms with Crippen molar-refractivity contribution in [3.63, 3.8) is 0 Å². The molecule has 56 heavy (non-hydrogen) atoms. The van der Waals surface area contributed by atoms with E-state index in [2.05, 4.69) is 20.3 Å². The highest BCUT2D eigenvalue weighted by molar-refractivity contribution is 6.35. The Kier molecular flexibility index (Phi) is 12.6. The quantitative estimate of drug-likeness (QED) is 0.0864. The molecule has 4 heterocycles. The van der Waals surface area contributed by atoms with Crippen LogP contribution in [-0.4, -0.2) is 75.7 Å². The molecule has 3 aromatic heterocycles. The maximum Gasteiger partial charge on any atom is 0.298 e. The molecule has 0 aliphatic carbocycles. The summed E-state index contributed by atoms with van der Waals surface area (Å²) in [5.74, 6) is 1.76. The van der Waals surface area contributed by atoms with Gasteiger partial charge < -0.3 is 29.6 Å². The number of nitrogens with one attached hydrogen (secondary N) is 2. The van der Waals surface area contributed by atoms with Crippen molar-refractivity contribution >= 4 is 58.2 Å². The summed E-state index contributed by atoms with van der Waals surface area (Å²) in [5, 5.41) is 9.83. The van der Waals surface area contributed by atoms with Crippen LogP contribution >= 0.6 is 23.2 Å². The maximum atomic E-state index is 14.2. The molecule has 0 spiro atoms. The Labute approximate surface area is 337 Å². The number of piperazine rings is 1. The molecule has 2 N–H and O–H groups in total. The summed E-state index contributed by atoms with van der Waals surface area (Å²) in [4.78, 5) is 50.5. The highest BCUT2D eigenvalue weighted by Crippen LogP contribution is 2.40. The number of carbonyl (C=O) groups is 3. The predicted octanol–water partition coefficient (Wildman–Crippen LogP) is 7.68. The molecule has 1 saturated heterocycles. The third kappa shape index (κ3) is 8.81. The van der Waals surface area contributed by atoms with Crippen LogP contribution < -0.4 is 19.7 Å². The second-order valence-electron chi connectivity index (χ2n) is 14.8. The third-order valence-corrected chi connectivity index (χ3v) is 11.2. The molecule has 14 heteroatoms. The SMILES string of the molecule is Cc1cc(OCCCc2c(C(=O)NCc3cc(OC=O)cc(N4CCN(C(=O)CC(C)C)CC4)n3)[nH]c3c(-c4c(C)nn(C)c4C)c(Cl)ccc23)cc(C)c1Cl. The molecular formula is C42H49Cl2N7O5. The number of fused-ring (bicyclic) bond motifs is 1. The van der Waals surface area contributed by atoms with Crippen LogP contribution in [0.5, 0.6) is 11.5 Å². The predicted molar refractivity (Wildman–Crippen MR) is 220 cm³/mol. The summed E-state index contributed by atoms with van der Waals surface area (Å²) in [7, 11) is 1.89. The number of aromatic amines is 1. The van der Waals surface area contributed by atoms with Crippen molar-refractivity contribution < 1.29 is 23.9 Å². The first-order valence-corrected chi connectivity index (χ1v) is 19.7. The van der Waals surface area contributed by atoms with E-state index in [0.29, 0.717) is 86.5 Å². The van der Waals surface area contributed by atoms with E-state index in [1.165, 1.54) is 0 Å². The molecule has 296 valence electrons. The smallest absolute Gasteiger partial charge is 0.298 e. The van der Waals surface area contributed by atoms with Crippen molar-refractivity contribution in [3.05, 3.63) is 85.9 Å². The Morgan fingerprint density at radius 3 is 2.34 bits per heavy atom. The first-order valence-electron chi connectivity index (χ1n) is 18.9. The number of rotatable bonds is 14. The zero-order valence-corrected chi connectivity index (χ0v) is 34.5. The van der Waals surface area contributed by atoms with Gasteiger partial charge in [-0.1, -0.05) is 43.1 Å². The molecule has 1 fully saturated rings. The number of ether oxygens (including phenoxy) is 2. The zero-order valence-electron chi connectivity index (χ0n) is 33.0. The summed E-state index contributed by atoms with van der Waals surface area (Å²) < 4.78 is 13.2. The monoisotopic (exact) mass is 801 g/mol. The number of hydrogen-bond acceptors (Lipinski definition) is 8. The molecule has 0 bridgehead atoms. The molecule has 2 amide bonds. The molecule has 0 atom stereocenters. The number of halogens is 2. The Morgan fingerprint density at radius 1 is 0.982 bits per heavy atom. The van der Waals surface area contributed by atoms with Gasteiger partial charge >= 0.3 is 0 Å². The minimum Gasteiger partial charge on any atom is -0.494 e. The van der Waals surface area contributed by atoms with Gasteiger partial charge in [0, 0.05) is 79.0 Å². The fourth-order valence-electron chi connectivity index (χ4n) is 7.40. The van der Waals surface area contributed by atoms with Crippen LogP contribution in [0.4, 0.5) is 5.82 Å². The van der Waals surface area contributed by atoms with Gasteiger partial charge in [-0.05, 0) is 81.3 Å².